The smallest absolute Gasteiger partial charge is 0.269 e. The van der Waals surface area contributed by atoms with Crippen LogP contribution in [0, 0.1) is 6.92 Å². The van der Waals surface area contributed by atoms with E-state index in [0.717, 1.165) is 11.1 Å². The Bertz CT molecular complexity index is 1170. The fourth-order valence-corrected chi connectivity index (χ4v) is 4.07. The first-order chi connectivity index (χ1) is 14.8. The molecule has 0 saturated heterocycles. The Morgan fingerprint density at radius 2 is 1.87 bits per heavy atom. The standard InChI is InChI=1S/C22H21FN4O2P2/c1-13-10-17(7-8-18(13)29-20(23)30)22(19(28)27(31)21(24)26-22)16-6-2-4-14(11-16)15-5-3-9-25-12-15/h2-12,20H,30-31H2,1H3,(H2,24,26). The summed E-state index contributed by atoms with van der Waals surface area (Å²) < 4.78 is 19.8. The molecule has 2 aromatic carbocycles. The molecule has 158 valence electrons. The molecule has 4 atom stereocenters. The third-order valence-corrected chi connectivity index (χ3v) is 5.80. The summed E-state index contributed by atoms with van der Waals surface area (Å²) in [6, 6.07) is 16.5. The number of nitrogens with two attached hydrogens (primary N) is 1. The molecule has 0 bridgehead atoms. The van der Waals surface area contributed by atoms with E-state index in [1.54, 1.807) is 37.5 Å². The van der Waals surface area contributed by atoms with Gasteiger partial charge in [0.2, 0.25) is 12.1 Å². The Morgan fingerprint density at radius 1 is 1.13 bits per heavy atom. The maximum atomic E-state index is 13.5. The molecule has 0 aliphatic carbocycles. The molecule has 1 amide bonds. The molecule has 1 aliphatic heterocycles. The van der Waals surface area contributed by atoms with Crippen LogP contribution in [0.3, 0.4) is 0 Å². The molecule has 1 aliphatic rings. The van der Waals surface area contributed by atoms with Crippen molar-refractivity contribution in [1.82, 2.24) is 9.65 Å². The van der Waals surface area contributed by atoms with Crippen LogP contribution in [0.2, 0.25) is 0 Å². The number of benzene rings is 2. The van der Waals surface area contributed by atoms with Gasteiger partial charge < -0.3 is 10.5 Å². The van der Waals surface area contributed by atoms with Crippen LogP contribution in [0.5, 0.6) is 5.75 Å². The predicted molar refractivity (Wildman–Crippen MR) is 125 cm³/mol. The highest BCUT2D eigenvalue weighted by Gasteiger charge is 2.49. The van der Waals surface area contributed by atoms with Gasteiger partial charge in [0, 0.05) is 12.4 Å². The zero-order chi connectivity index (χ0) is 22.2. The number of aromatic nitrogens is 1. The highest BCUT2D eigenvalue weighted by atomic mass is 31.0. The monoisotopic (exact) mass is 454 g/mol. The minimum Gasteiger partial charge on any atom is -0.457 e. The highest BCUT2D eigenvalue weighted by Crippen LogP contribution is 2.43. The largest absolute Gasteiger partial charge is 0.457 e. The van der Waals surface area contributed by atoms with Crippen LogP contribution in [0.1, 0.15) is 16.7 Å². The lowest BCUT2D eigenvalue weighted by molar-refractivity contribution is -0.126. The summed E-state index contributed by atoms with van der Waals surface area (Å²) in [7, 11) is 4.26. The second-order valence-corrected chi connectivity index (χ2v) is 8.17. The van der Waals surface area contributed by atoms with E-state index < -0.39 is 11.6 Å². The topological polar surface area (TPSA) is 80.8 Å². The number of ether oxygens (including phenoxy) is 1. The van der Waals surface area contributed by atoms with Gasteiger partial charge in [-0.05, 0) is 68.4 Å². The predicted octanol–water partition coefficient (Wildman–Crippen LogP) is 3.75. The molecule has 2 N–H and O–H groups in total. The fraction of sp³-hybridized carbons (Fsp3) is 0.136. The minimum absolute atomic E-state index is 0.0912. The lowest BCUT2D eigenvalue weighted by Crippen LogP contribution is -2.38. The van der Waals surface area contributed by atoms with Gasteiger partial charge >= 0.3 is 0 Å². The molecule has 2 heterocycles. The van der Waals surface area contributed by atoms with Gasteiger partial charge in [0.05, 0.1) is 0 Å². The van der Waals surface area contributed by atoms with E-state index in [4.69, 9.17) is 10.5 Å². The highest BCUT2D eigenvalue weighted by molar-refractivity contribution is 7.17. The summed E-state index contributed by atoms with van der Waals surface area (Å²) in [5, 5.41) is 0. The Balaban J connectivity index is 1.90. The number of alkyl halides is 1. The van der Waals surface area contributed by atoms with Gasteiger partial charge in [-0.3, -0.25) is 14.4 Å². The molecule has 0 saturated carbocycles. The maximum absolute atomic E-state index is 13.5. The van der Waals surface area contributed by atoms with E-state index in [1.165, 1.54) is 4.67 Å². The second-order valence-electron chi connectivity index (χ2n) is 7.13. The van der Waals surface area contributed by atoms with Crippen LogP contribution in [0.25, 0.3) is 11.1 Å². The quantitative estimate of drug-likeness (QED) is 0.596. The van der Waals surface area contributed by atoms with Crippen molar-refractivity contribution < 1.29 is 13.9 Å². The molecule has 3 aromatic rings. The summed E-state index contributed by atoms with van der Waals surface area (Å²) in [4.78, 5) is 22.2. The number of amides is 1. The van der Waals surface area contributed by atoms with Crippen molar-refractivity contribution in [2.24, 2.45) is 10.7 Å². The SMILES string of the molecule is Cc1cc(C2(c3cccc(-c4cccnc4)c3)N=C(N)N(P)C2=O)ccc1OC(F)P. The van der Waals surface area contributed by atoms with E-state index in [0.29, 0.717) is 22.4 Å². The molecule has 0 radical (unpaired) electrons. The van der Waals surface area contributed by atoms with Crippen molar-refractivity contribution in [2.75, 3.05) is 0 Å². The van der Waals surface area contributed by atoms with Crippen LogP contribution in [-0.2, 0) is 10.3 Å². The molecule has 4 rings (SSSR count). The molecular formula is C22H21FN4O2P2. The molecule has 0 fully saturated rings. The summed E-state index contributed by atoms with van der Waals surface area (Å²) in [6.07, 6.45) is 1.93. The average molecular weight is 454 g/mol. The molecule has 31 heavy (non-hydrogen) atoms. The van der Waals surface area contributed by atoms with Gasteiger partial charge in [-0.2, -0.15) is 4.39 Å². The Morgan fingerprint density at radius 3 is 2.48 bits per heavy atom. The minimum atomic E-state index is -1.53. The van der Waals surface area contributed by atoms with E-state index in [2.05, 4.69) is 19.4 Å². The molecular weight excluding hydrogens is 433 g/mol. The zero-order valence-electron chi connectivity index (χ0n) is 16.7. The van der Waals surface area contributed by atoms with Gasteiger partial charge in [-0.25, -0.2) is 4.99 Å². The first kappa shape index (κ1) is 21.4. The van der Waals surface area contributed by atoms with E-state index in [1.807, 2.05) is 45.6 Å². The molecule has 4 unspecified atom stereocenters. The first-order valence-corrected chi connectivity index (χ1v) is 10.6. The van der Waals surface area contributed by atoms with Gasteiger partial charge in [0.1, 0.15) is 5.75 Å². The van der Waals surface area contributed by atoms with E-state index in [-0.39, 0.29) is 11.9 Å². The third-order valence-electron chi connectivity index (χ3n) is 5.16. The molecule has 1 aromatic heterocycles. The van der Waals surface area contributed by atoms with E-state index >= 15 is 0 Å². The van der Waals surface area contributed by atoms with Crippen molar-refractivity contribution in [2.45, 2.75) is 18.6 Å². The zero-order valence-corrected chi connectivity index (χ0v) is 19.0. The lowest BCUT2D eigenvalue weighted by atomic mass is 9.81. The van der Waals surface area contributed by atoms with Crippen LogP contribution in [0.4, 0.5) is 4.39 Å². The average Bonchev–Trinajstić information content (AvgIpc) is 3.00. The number of carbonyl (C=O) groups is 1. The molecule has 9 heteroatoms. The first-order valence-electron chi connectivity index (χ1n) is 9.46. The number of guanidine groups is 1. The summed E-state index contributed by atoms with van der Waals surface area (Å²) >= 11 is 0. The number of pyridine rings is 1. The third kappa shape index (κ3) is 3.80. The Hall–Kier alpha value is -2.88. The van der Waals surface area contributed by atoms with Gasteiger partial charge in [-0.15, -0.1) is 0 Å². The second kappa shape index (κ2) is 8.33. The van der Waals surface area contributed by atoms with Gasteiger partial charge in [0.25, 0.3) is 5.91 Å². The number of aryl methyl sites for hydroxylation is 1. The lowest BCUT2D eigenvalue weighted by Gasteiger charge is -2.27. The number of hydrogen-bond donors (Lipinski definition) is 1. The normalized spacial score (nSPS) is 19.3. The fourth-order valence-electron chi connectivity index (χ4n) is 3.68. The summed E-state index contributed by atoms with van der Waals surface area (Å²) in [5.41, 5.74) is 8.44. The maximum Gasteiger partial charge on any atom is 0.269 e. The Labute approximate surface area is 184 Å². The number of aliphatic imine (C=N–C) groups is 1. The van der Waals surface area contributed by atoms with Crippen molar-refractivity contribution in [3.8, 4) is 16.9 Å². The van der Waals surface area contributed by atoms with Crippen molar-refractivity contribution >= 4 is 30.5 Å². The summed E-state index contributed by atoms with van der Waals surface area (Å²) in [6.45, 7) is 1.79. The van der Waals surface area contributed by atoms with Crippen LogP contribution >= 0.6 is 18.6 Å². The van der Waals surface area contributed by atoms with Crippen LogP contribution in [0.15, 0.2) is 72.0 Å². The molecule has 0 spiro atoms. The number of halogens is 1. The van der Waals surface area contributed by atoms with Crippen molar-refractivity contribution in [3.63, 3.8) is 0 Å². The van der Waals surface area contributed by atoms with Crippen LogP contribution in [-0.4, -0.2) is 27.6 Å². The van der Waals surface area contributed by atoms with Crippen molar-refractivity contribution in [1.29, 1.82) is 0 Å². The summed E-state index contributed by atoms with van der Waals surface area (Å²) in [5.74, 6) is 0.171. The Kier molecular flexibility index (Phi) is 5.74. The van der Waals surface area contributed by atoms with Crippen molar-refractivity contribution in [3.05, 3.63) is 83.7 Å². The van der Waals surface area contributed by atoms with Gasteiger partial charge in [-0.1, -0.05) is 39.6 Å². The number of nitrogens with zero attached hydrogens (tertiary/aromatic N) is 3. The number of hydrogen-bond acceptors (Lipinski definition) is 5. The van der Waals surface area contributed by atoms with Gasteiger partial charge in [0.15, 0.2) is 5.54 Å². The number of carbonyl (C=O) groups excluding carboxylic acids is 1. The van der Waals surface area contributed by atoms with E-state index in [9.17, 15) is 9.18 Å². The number of rotatable bonds is 5. The van der Waals surface area contributed by atoms with Crippen LogP contribution < -0.4 is 10.5 Å². The molecule has 6 nitrogen and oxygen atoms in total.